The summed E-state index contributed by atoms with van der Waals surface area (Å²) in [4.78, 5) is 31.9. The number of carbonyl (C=O) groups excluding carboxylic acids is 1. The molecule has 240 valence electrons. The Bertz CT molecular complexity index is 1440. The molecule has 1 aliphatic carbocycles. The number of aromatic nitrogens is 2. The first-order valence-corrected chi connectivity index (χ1v) is 16.7. The predicted molar refractivity (Wildman–Crippen MR) is 175 cm³/mol. The van der Waals surface area contributed by atoms with Crippen molar-refractivity contribution < 1.29 is 14.3 Å². The molecule has 2 saturated heterocycles. The maximum atomic E-state index is 12.6. The first-order valence-electron chi connectivity index (χ1n) is 16.7. The van der Waals surface area contributed by atoms with Crippen LogP contribution >= 0.6 is 0 Å². The van der Waals surface area contributed by atoms with E-state index in [2.05, 4.69) is 59.4 Å². The smallest absolute Gasteiger partial charge is 0.318 e. The number of rotatable bonds is 9. The molecule has 1 amide bonds. The summed E-state index contributed by atoms with van der Waals surface area (Å²) in [5, 5.41) is 9.58. The van der Waals surface area contributed by atoms with Crippen molar-refractivity contribution in [2.45, 2.75) is 89.4 Å². The Labute approximate surface area is 267 Å². The summed E-state index contributed by atoms with van der Waals surface area (Å²) < 4.78 is 12.0. The zero-order valence-electron chi connectivity index (χ0n) is 27.1. The number of benzene rings is 1. The minimum absolute atomic E-state index is 0.128. The Morgan fingerprint density at radius 3 is 2.78 bits per heavy atom. The number of nitrogens with zero attached hydrogens (tertiary/aromatic N) is 7. The van der Waals surface area contributed by atoms with Gasteiger partial charge < -0.3 is 24.2 Å². The molecule has 1 aromatic heterocycles. The second kappa shape index (κ2) is 13.7. The Kier molecular flexibility index (Phi) is 9.45. The third-order valence-electron chi connectivity index (χ3n) is 10.1. The number of hydrogen-bond donors (Lipinski definition) is 0. The van der Waals surface area contributed by atoms with E-state index in [0.29, 0.717) is 50.4 Å². The number of carbonyl (C=O) groups is 1. The molecule has 4 aliphatic rings. The number of ether oxygens (including phenoxy) is 2. The number of fused-ring (bicyclic) bond motifs is 2. The third kappa shape index (κ3) is 6.46. The average Bonchev–Trinajstić information content (AvgIpc) is 3.55. The fourth-order valence-corrected chi connectivity index (χ4v) is 7.88. The maximum Gasteiger partial charge on any atom is 0.318 e. The largest absolute Gasteiger partial charge is 0.497 e. The highest BCUT2D eigenvalue weighted by Gasteiger charge is 2.36. The lowest BCUT2D eigenvalue weighted by Crippen LogP contribution is -2.55. The van der Waals surface area contributed by atoms with Crippen LogP contribution in [0.25, 0.3) is 0 Å². The van der Waals surface area contributed by atoms with Crippen LogP contribution < -0.4 is 19.3 Å². The van der Waals surface area contributed by atoms with E-state index in [4.69, 9.17) is 19.4 Å². The van der Waals surface area contributed by atoms with E-state index >= 15 is 0 Å². The molecule has 0 saturated carbocycles. The van der Waals surface area contributed by atoms with Gasteiger partial charge >= 0.3 is 6.01 Å². The maximum absolute atomic E-state index is 12.6. The molecule has 10 heteroatoms. The van der Waals surface area contributed by atoms with Crippen LogP contribution in [0.1, 0.15) is 62.8 Å². The molecule has 4 heterocycles. The summed E-state index contributed by atoms with van der Waals surface area (Å²) in [6, 6.07) is 10.1. The van der Waals surface area contributed by atoms with Gasteiger partial charge in [0, 0.05) is 62.0 Å². The third-order valence-corrected chi connectivity index (χ3v) is 10.1. The highest BCUT2D eigenvalue weighted by Crippen LogP contribution is 2.38. The van der Waals surface area contributed by atoms with Gasteiger partial charge in [0.05, 0.1) is 31.3 Å². The van der Waals surface area contributed by atoms with E-state index in [-0.39, 0.29) is 18.4 Å². The molecular formula is C35H47N7O3. The number of amides is 1. The topological polar surface area (TPSA) is 98.1 Å². The van der Waals surface area contributed by atoms with Crippen molar-refractivity contribution >= 4 is 17.4 Å². The standard InChI is InChI=1S/C35H47N7O3/c1-5-33(43)42-19-18-39(22-27(42)14-15-36)34-30-12-10-26(41-17-6-8-25-20-29(44-4)11-13-32(25)41)21-31(30)37-35(38-34)45-23-28-9-7-16-40(28)24(2)3/h5,11,13,20,24,26-28H,1,6-10,12,14,16-19,21-23H2,2-4H3. The van der Waals surface area contributed by atoms with Crippen LogP contribution in [0.2, 0.25) is 0 Å². The predicted octanol–water partition coefficient (Wildman–Crippen LogP) is 4.16. The van der Waals surface area contributed by atoms with Gasteiger partial charge in [-0.15, -0.1) is 0 Å². The molecule has 0 bridgehead atoms. The van der Waals surface area contributed by atoms with E-state index in [1.54, 1.807) is 12.0 Å². The lowest BCUT2D eigenvalue weighted by molar-refractivity contribution is -0.128. The quantitative estimate of drug-likeness (QED) is 0.386. The van der Waals surface area contributed by atoms with Gasteiger partial charge in [0.1, 0.15) is 18.2 Å². The van der Waals surface area contributed by atoms with E-state index < -0.39 is 0 Å². The van der Waals surface area contributed by atoms with Crippen LogP contribution in [0.15, 0.2) is 30.9 Å². The van der Waals surface area contributed by atoms with Gasteiger partial charge in [0.25, 0.3) is 0 Å². The Morgan fingerprint density at radius 1 is 1.13 bits per heavy atom. The molecule has 0 spiro atoms. The van der Waals surface area contributed by atoms with Crippen molar-refractivity contribution in [1.82, 2.24) is 19.8 Å². The van der Waals surface area contributed by atoms with E-state index in [9.17, 15) is 10.1 Å². The van der Waals surface area contributed by atoms with E-state index in [1.807, 2.05) is 0 Å². The van der Waals surface area contributed by atoms with Crippen molar-refractivity contribution in [3.05, 3.63) is 47.7 Å². The van der Waals surface area contributed by atoms with Crippen LogP contribution in [-0.2, 0) is 24.1 Å². The van der Waals surface area contributed by atoms with Crippen molar-refractivity contribution in [2.24, 2.45) is 0 Å². The monoisotopic (exact) mass is 613 g/mol. The highest BCUT2D eigenvalue weighted by molar-refractivity contribution is 5.87. The SMILES string of the molecule is C=CC(=O)N1CCN(c2nc(OCC3CCCN3C(C)C)nc3c2CCC(N2CCCc4cc(OC)ccc42)C3)CC1CC#N. The number of nitriles is 1. The molecular weight excluding hydrogens is 566 g/mol. The molecule has 6 rings (SSSR count). The Morgan fingerprint density at radius 2 is 2.00 bits per heavy atom. The number of methoxy groups -OCH3 is 1. The average molecular weight is 614 g/mol. The second-order valence-corrected chi connectivity index (χ2v) is 13.1. The summed E-state index contributed by atoms with van der Waals surface area (Å²) in [5.74, 6) is 1.68. The van der Waals surface area contributed by atoms with E-state index in [0.717, 1.165) is 68.9 Å². The van der Waals surface area contributed by atoms with Gasteiger partial charge in [0.2, 0.25) is 5.91 Å². The molecule has 0 N–H and O–H groups in total. The molecule has 1 aromatic carbocycles. The molecule has 3 aliphatic heterocycles. The minimum Gasteiger partial charge on any atom is -0.497 e. The summed E-state index contributed by atoms with van der Waals surface area (Å²) in [6.07, 6.45) is 8.80. The summed E-state index contributed by atoms with van der Waals surface area (Å²) >= 11 is 0. The van der Waals surface area contributed by atoms with Crippen LogP contribution in [0, 0.1) is 11.3 Å². The normalized spacial score (nSPS) is 23.4. The number of likely N-dealkylation sites (tertiary alicyclic amines) is 1. The number of anilines is 2. The lowest BCUT2D eigenvalue weighted by Gasteiger charge is -2.43. The van der Waals surface area contributed by atoms with Crippen molar-refractivity contribution in [3.8, 4) is 17.8 Å². The number of hydrogen-bond acceptors (Lipinski definition) is 9. The van der Waals surface area contributed by atoms with Gasteiger partial charge in [-0.25, -0.2) is 0 Å². The molecule has 0 radical (unpaired) electrons. The second-order valence-electron chi connectivity index (χ2n) is 13.1. The Hall–Kier alpha value is -3.84. The van der Waals surface area contributed by atoms with Crippen molar-refractivity contribution in [2.75, 3.05) is 56.2 Å². The molecule has 45 heavy (non-hydrogen) atoms. The molecule has 3 unspecified atom stereocenters. The van der Waals surface area contributed by atoms with Crippen molar-refractivity contribution in [3.63, 3.8) is 0 Å². The molecule has 2 fully saturated rings. The zero-order chi connectivity index (χ0) is 31.5. The van der Waals surface area contributed by atoms with Gasteiger partial charge in [-0.3, -0.25) is 9.69 Å². The van der Waals surface area contributed by atoms with E-state index in [1.165, 1.54) is 29.3 Å². The van der Waals surface area contributed by atoms with Crippen molar-refractivity contribution in [1.29, 1.82) is 5.26 Å². The van der Waals surface area contributed by atoms with Gasteiger partial charge in [0.15, 0.2) is 0 Å². The zero-order valence-corrected chi connectivity index (χ0v) is 27.1. The highest BCUT2D eigenvalue weighted by atomic mass is 16.5. The first kappa shape index (κ1) is 31.2. The summed E-state index contributed by atoms with van der Waals surface area (Å²) in [6.45, 7) is 12.6. The van der Waals surface area contributed by atoms with Crippen LogP contribution in [0.3, 0.4) is 0 Å². The fourth-order valence-electron chi connectivity index (χ4n) is 7.88. The number of piperazine rings is 1. The number of aryl methyl sites for hydroxylation is 1. The fraction of sp³-hybridized carbons (Fsp3) is 0.600. The molecule has 2 aromatic rings. The summed E-state index contributed by atoms with van der Waals surface area (Å²) in [5.41, 5.74) is 4.88. The van der Waals surface area contributed by atoms with Gasteiger partial charge in [-0.1, -0.05) is 6.58 Å². The van der Waals surface area contributed by atoms with Crippen LogP contribution in [-0.4, -0.2) is 96.3 Å². The molecule has 10 nitrogen and oxygen atoms in total. The van der Waals surface area contributed by atoms with Gasteiger partial charge in [-0.05, 0) is 88.8 Å². The van der Waals surface area contributed by atoms with Crippen LogP contribution in [0.5, 0.6) is 11.8 Å². The lowest BCUT2D eigenvalue weighted by atomic mass is 9.88. The Balaban J connectivity index is 1.29. The van der Waals surface area contributed by atoms with Crippen LogP contribution in [0.4, 0.5) is 11.5 Å². The molecule has 3 atom stereocenters. The summed E-state index contributed by atoms with van der Waals surface area (Å²) in [7, 11) is 1.73. The first-order chi connectivity index (χ1) is 21.9. The van der Waals surface area contributed by atoms with Gasteiger partial charge in [-0.2, -0.15) is 15.2 Å². The minimum atomic E-state index is -0.222.